The van der Waals surface area contributed by atoms with Gasteiger partial charge in [0.2, 0.25) is 5.91 Å². The fourth-order valence-electron chi connectivity index (χ4n) is 2.70. The summed E-state index contributed by atoms with van der Waals surface area (Å²) in [6.07, 6.45) is 5.95. The van der Waals surface area contributed by atoms with E-state index in [2.05, 4.69) is 4.98 Å². The number of hydrogen-bond acceptors (Lipinski definition) is 3. The van der Waals surface area contributed by atoms with Crippen LogP contribution in [0.2, 0.25) is 0 Å². The van der Waals surface area contributed by atoms with Gasteiger partial charge in [-0.15, -0.1) is 0 Å². The molecule has 0 unspecified atom stereocenters. The summed E-state index contributed by atoms with van der Waals surface area (Å²) in [4.78, 5) is 18.7. The molecule has 0 radical (unpaired) electrons. The van der Waals surface area contributed by atoms with Crippen molar-refractivity contribution in [3.63, 3.8) is 0 Å². The second kappa shape index (κ2) is 9.02. The highest BCUT2D eigenvalue weighted by Crippen LogP contribution is 2.21. The number of allylic oxidation sites excluding steroid dienone is 1. The van der Waals surface area contributed by atoms with Crippen LogP contribution in [-0.4, -0.2) is 28.9 Å². The Morgan fingerprint density at radius 3 is 2.64 bits per heavy atom. The van der Waals surface area contributed by atoms with Crippen LogP contribution in [0, 0.1) is 0 Å². The van der Waals surface area contributed by atoms with Crippen molar-refractivity contribution in [2.75, 3.05) is 7.11 Å². The first-order valence-electron chi connectivity index (χ1n) is 8.50. The van der Waals surface area contributed by atoms with Gasteiger partial charge in [0.05, 0.1) is 7.11 Å². The first kappa shape index (κ1) is 18.7. The molecule has 2 rings (SSSR count). The topological polar surface area (TPSA) is 42.4 Å². The van der Waals surface area contributed by atoms with Gasteiger partial charge in [-0.25, -0.2) is 0 Å². The second-order valence-corrected chi connectivity index (χ2v) is 6.40. The van der Waals surface area contributed by atoms with Crippen molar-refractivity contribution in [2.24, 2.45) is 0 Å². The predicted octanol–water partition coefficient (Wildman–Crippen LogP) is 4.02. The molecule has 0 atom stereocenters. The zero-order chi connectivity index (χ0) is 18.2. The summed E-state index contributed by atoms with van der Waals surface area (Å²) in [6, 6.07) is 11.9. The van der Waals surface area contributed by atoms with Crippen molar-refractivity contribution >= 4 is 5.91 Å². The number of hydrogen-bond donors (Lipinski definition) is 0. The molecule has 1 heterocycles. The number of carbonyl (C=O) groups excluding carboxylic acids is 1. The highest BCUT2D eigenvalue weighted by Gasteiger charge is 2.16. The summed E-state index contributed by atoms with van der Waals surface area (Å²) >= 11 is 0. The molecule has 0 bridgehead atoms. The SMILES string of the molecule is COc1ccccc1CC(C)=CC(=O)N(Cc1cccnc1)C(C)C. The van der Waals surface area contributed by atoms with Crippen molar-refractivity contribution in [3.05, 3.63) is 71.6 Å². The Morgan fingerprint density at radius 1 is 1.24 bits per heavy atom. The number of benzene rings is 1. The lowest BCUT2D eigenvalue weighted by atomic mass is 10.0. The molecule has 0 fully saturated rings. The smallest absolute Gasteiger partial charge is 0.247 e. The molecule has 4 heteroatoms. The molecule has 0 aliphatic carbocycles. The van der Waals surface area contributed by atoms with Crippen molar-refractivity contribution in [2.45, 2.75) is 39.8 Å². The van der Waals surface area contributed by atoms with Crippen LogP contribution < -0.4 is 4.74 Å². The second-order valence-electron chi connectivity index (χ2n) is 6.40. The van der Waals surface area contributed by atoms with Gasteiger partial charge in [0.1, 0.15) is 5.75 Å². The van der Waals surface area contributed by atoms with Crippen LogP contribution in [-0.2, 0) is 17.8 Å². The Morgan fingerprint density at radius 2 is 2.00 bits per heavy atom. The summed E-state index contributed by atoms with van der Waals surface area (Å²) in [5.74, 6) is 0.866. The van der Waals surface area contributed by atoms with Gasteiger partial charge >= 0.3 is 0 Å². The molecule has 4 nitrogen and oxygen atoms in total. The quantitative estimate of drug-likeness (QED) is 0.716. The molecule has 0 saturated carbocycles. The Bertz CT molecular complexity index is 724. The number of amides is 1. The molecule has 1 aromatic heterocycles. The Hall–Kier alpha value is -2.62. The Balaban J connectivity index is 2.11. The van der Waals surface area contributed by atoms with Crippen molar-refractivity contribution < 1.29 is 9.53 Å². The first-order valence-corrected chi connectivity index (χ1v) is 8.50. The minimum Gasteiger partial charge on any atom is -0.496 e. The summed E-state index contributed by atoms with van der Waals surface area (Å²) in [5.41, 5.74) is 3.11. The van der Waals surface area contributed by atoms with Gasteiger partial charge in [0, 0.05) is 31.1 Å². The van der Waals surface area contributed by atoms with Crippen molar-refractivity contribution in [1.29, 1.82) is 0 Å². The lowest BCUT2D eigenvalue weighted by Crippen LogP contribution is -2.35. The van der Waals surface area contributed by atoms with E-state index in [4.69, 9.17) is 4.74 Å². The number of rotatable bonds is 7. The third-order valence-corrected chi connectivity index (χ3v) is 4.01. The zero-order valence-corrected chi connectivity index (χ0v) is 15.4. The van der Waals surface area contributed by atoms with Gasteiger partial charge in [0.15, 0.2) is 0 Å². The van der Waals surface area contributed by atoms with Crippen LogP contribution in [0.1, 0.15) is 31.9 Å². The van der Waals surface area contributed by atoms with Crippen LogP contribution in [0.25, 0.3) is 0 Å². The standard InChI is InChI=1S/C21H26N2O2/c1-16(2)23(15-18-8-7-11-22-14-18)21(24)13-17(3)12-19-9-5-6-10-20(19)25-4/h5-11,13-14,16H,12,15H2,1-4H3. The summed E-state index contributed by atoms with van der Waals surface area (Å²) < 4.78 is 5.39. The maximum Gasteiger partial charge on any atom is 0.247 e. The predicted molar refractivity (Wildman–Crippen MR) is 100 cm³/mol. The molecule has 2 aromatic rings. The number of pyridine rings is 1. The lowest BCUT2D eigenvalue weighted by Gasteiger charge is -2.26. The van der Waals surface area contributed by atoms with Gasteiger partial charge in [0.25, 0.3) is 0 Å². The number of para-hydroxylation sites is 1. The van der Waals surface area contributed by atoms with E-state index in [-0.39, 0.29) is 11.9 Å². The summed E-state index contributed by atoms with van der Waals surface area (Å²) in [6.45, 7) is 6.59. The van der Waals surface area contributed by atoms with E-state index in [9.17, 15) is 4.79 Å². The molecule has 132 valence electrons. The summed E-state index contributed by atoms with van der Waals surface area (Å²) in [7, 11) is 1.66. The molecule has 0 aliphatic rings. The van der Waals surface area contributed by atoms with E-state index in [0.717, 1.165) is 22.4 Å². The molecular weight excluding hydrogens is 312 g/mol. The van der Waals surface area contributed by atoms with E-state index in [1.165, 1.54) is 0 Å². The zero-order valence-electron chi connectivity index (χ0n) is 15.4. The van der Waals surface area contributed by atoms with E-state index < -0.39 is 0 Å². The third-order valence-electron chi connectivity index (χ3n) is 4.01. The molecule has 0 spiro atoms. The van der Waals surface area contributed by atoms with Crippen molar-refractivity contribution in [1.82, 2.24) is 9.88 Å². The molecule has 1 amide bonds. The van der Waals surface area contributed by atoms with Gasteiger partial charge in [-0.3, -0.25) is 9.78 Å². The number of aromatic nitrogens is 1. The van der Waals surface area contributed by atoms with Crippen LogP contribution in [0.4, 0.5) is 0 Å². The normalized spacial score (nSPS) is 11.5. The summed E-state index contributed by atoms with van der Waals surface area (Å²) in [5, 5.41) is 0. The minimum absolute atomic E-state index is 0.0197. The van der Waals surface area contributed by atoms with Gasteiger partial charge in [-0.1, -0.05) is 29.8 Å². The lowest BCUT2D eigenvalue weighted by molar-refractivity contribution is -0.128. The molecule has 25 heavy (non-hydrogen) atoms. The average molecular weight is 338 g/mol. The Labute approximate surface area is 150 Å². The van der Waals surface area contributed by atoms with Crippen LogP contribution >= 0.6 is 0 Å². The van der Waals surface area contributed by atoms with E-state index in [1.807, 2.05) is 62.1 Å². The van der Waals surface area contributed by atoms with Crippen molar-refractivity contribution in [3.8, 4) is 5.75 Å². The minimum atomic E-state index is 0.0197. The molecular formula is C21H26N2O2. The highest BCUT2D eigenvalue weighted by molar-refractivity contribution is 5.88. The van der Waals surface area contributed by atoms with Gasteiger partial charge in [-0.05, 0) is 50.5 Å². The van der Waals surface area contributed by atoms with E-state index in [1.54, 1.807) is 25.6 Å². The number of nitrogens with zero attached hydrogens (tertiary/aromatic N) is 2. The van der Waals surface area contributed by atoms with E-state index in [0.29, 0.717) is 13.0 Å². The van der Waals surface area contributed by atoms with Crippen LogP contribution in [0.15, 0.2) is 60.4 Å². The van der Waals surface area contributed by atoms with Gasteiger partial charge in [-0.2, -0.15) is 0 Å². The van der Waals surface area contributed by atoms with Crippen LogP contribution in [0.5, 0.6) is 5.75 Å². The average Bonchev–Trinajstić information content (AvgIpc) is 2.60. The first-order chi connectivity index (χ1) is 12.0. The number of methoxy groups -OCH3 is 1. The molecule has 0 aliphatic heterocycles. The Kier molecular flexibility index (Phi) is 6.75. The van der Waals surface area contributed by atoms with E-state index >= 15 is 0 Å². The van der Waals surface area contributed by atoms with Gasteiger partial charge < -0.3 is 9.64 Å². The highest BCUT2D eigenvalue weighted by atomic mass is 16.5. The fraction of sp³-hybridized carbons (Fsp3) is 0.333. The molecule has 0 saturated heterocycles. The number of ether oxygens (including phenoxy) is 1. The molecule has 1 aromatic carbocycles. The fourth-order valence-corrected chi connectivity index (χ4v) is 2.70. The maximum absolute atomic E-state index is 12.7. The maximum atomic E-state index is 12.7. The largest absolute Gasteiger partial charge is 0.496 e. The van der Waals surface area contributed by atoms with Crippen LogP contribution in [0.3, 0.4) is 0 Å². The number of carbonyl (C=O) groups is 1. The third kappa shape index (κ3) is 5.45. The monoisotopic (exact) mass is 338 g/mol. The molecule has 0 N–H and O–H groups in total.